The van der Waals surface area contributed by atoms with Gasteiger partial charge < -0.3 is 9.64 Å². The summed E-state index contributed by atoms with van der Waals surface area (Å²) in [7, 11) is 0. The van der Waals surface area contributed by atoms with Crippen LogP contribution in [0.4, 0.5) is 4.39 Å². The molecular formula is C17H18FN3O2. The lowest BCUT2D eigenvalue weighted by Gasteiger charge is -2.32. The molecule has 1 fully saturated rings. The number of nitrogens with zero attached hydrogens (tertiary/aromatic N) is 3. The van der Waals surface area contributed by atoms with Crippen LogP contribution >= 0.6 is 0 Å². The first-order valence-electron chi connectivity index (χ1n) is 7.63. The number of aromatic nitrogens is 2. The minimum atomic E-state index is -0.348. The van der Waals surface area contributed by atoms with E-state index in [4.69, 9.17) is 4.74 Å². The van der Waals surface area contributed by atoms with Gasteiger partial charge in [0.15, 0.2) is 0 Å². The average Bonchev–Trinajstić information content (AvgIpc) is 2.57. The highest BCUT2D eigenvalue weighted by atomic mass is 19.1. The molecule has 0 radical (unpaired) electrons. The number of aryl methyl sites for hydroxylation is 1. The number of carbonyl (C=O) groups is 1. The van der Waals surface area contributed by atoms with Crippen molar-refractivity contribution in [3.05, 3.63) is 53.5 Å². The zero-order valence-electron chi connectivity index (χ0n) is 12.9. The first-order valence-corrected chi connectivity index (χ1v) is 7.63. The van der Waals surface area contributed by atoms with E-state index in [0.717, 1.165) is 18.5 Å². The normalized spacial score (nSPS) is 17.8. The van der Waals surface area contributed by atoms with Crippen molar-refractivity contribution in [2.75, 3.05) is 13.1 Å². The molecule has 2 aromatic rings. The molecule has 6 heteroatoms. The molecule has 0 N–H and O–H groups in total. The second kappa shape index (κ2) is 6.73. The zero-order chi connectivity index (χ0) is 16.2. The maximum atomic E-state index is 13.0. The Balaban J connectivity index is 1.64. The second-order valence-electron chi connectivity index (χ2n) is 5.65. The van der Waals surface area contributed by atoms with Gasteiger partial charge in [0.1, 0.15) is 11.9 Å². The monoisotopic (exact) mass is 315 g/mol. The van der Waals surface area contributed by atoms with Gasteiger partial charge in [-0.25, -0.2) is 4.39 Å². The topological polar surface area (TPSA) is 55.3 Å². The van der Waals surface area contributed by atoms with Crippen molar-refractivity contribution in [3.8, 4) is 5.88 Å². The summed E-state index contributed by atoms with van der Waals surface area (Å²) in [5.41, 5.74) is 1.32. The predicted octanol–water partition coefficient (Wildman–Crippen LogP) is 2.61. The predicted molar refractivity (Wildman–Crippen MR) is 82.7 cm³/mol. The summed E-state index contributed by atoms with van der Waals surface area (Å²) in [6.45, 7) is 3.03. The van der Waals surface area contributed by atoms with Crippen LogP contribution in [0.25, 0.3) is 0 Å². The van der Waals surface area contributed by atoms with Crippen LogP contribution in [0.1, 0.15) is 28.9 Å². The lowest BCUT2D eigenvalue weighted by molar-refractivity contribution is 0.0525. The van der Waals surface area contributed by atoms with Crippen LogP contribution in [-0.2, 0) is 0 Å². The van der Waals surface area contributed by atoms with Gasteiger partial charge in [0, 0.05) is 18.2 Å². The molecule has 1 aromatic carbocycles. The number of piperidine rings is 1. The molecule has 0 saturated carbocycles. The summed E-state index contributed by atoms with van der Waals surface area (Å²) in [5.74, 6) is 0.0179. The van der Waals surface area contributed by atoms with Crippen LogP contribution in [0.3, 0.4) is 0 Å². The Hall–Kier alpha value is -2.50. The standard InChI is InChI=1S/C17H18FN3O2/c1-12-4-9-16(20-19-12)23-15-3-2-10-21(11-15)17(22)13-5-7-14(18)8-6-13/h4-9,15H,2-3,10-11H2,1H3. The first-order chi connectivity index (χ1) is 11.1. The Morgan fingerprint density at radius 1 is 1.22 bits per heavy atom. The third-order valence-electron chi connectivity index (χ3n) is 3.82. The molecule has 1 aliphatic rings. The minimum absolute atomic E-state index is 0.103. The van der Waals surface area contributed by atoms with Crippen molar-refractivity contribution in [2.45, 2.75) is 25.9 Å². The maximum Gasteiger partial charge on any atom is 0.253 e. The average molecular weight is 315 g/mol. The summed E-state index contributed by atoms with van der Waals surface area (Å²) in [4.78, 5) is 14.2. The molecule has 1 atom stereocenters. The number of hydrogen-bond acceptors (Lipinski definition) is 4. The Bertz CT molecular complexity index is 673. The van der Waals surface area contributed by atoms with E-state index in [0.29, 0.717) is 24.5 Å². The number of rotatable bonds is 3. The summed E-state index contributed by atoms with van der Waals surface area (Å²) < 4.78 is 18.8. The summed E-state index contributed by atoms with van der Waals surface area (Å²) in [6.07, 6.45) is 1.62. The molecule has 3 rings (SSSR count). The molecule has 1 aromatic heterocycles. The van der Waals surface area contributed by atoms with E-state index in [-0.39, 0.29) is 17.8 Å². The Labute approximate surface area is 134 Å². The van der Waals surface area contributed by atoms with E-state index in [1.54, 1.807) is 11.0 Å². The third-order valence-corrected chi connectivity index (χ3v) is 3.82. The number of amides is 1. The lowest BCUT2D eigenvalue weighted by atomic mass is 10.1. The van der Waals surface area contributed by atoms with Gasteiger partial charge in [-0.3, -0.25) is 4.79 Å². The van der Waals surface area contributed by atoms with Gasteiger partial charge in [0.2, 0.25) is 5.88 Å². The first kappa shape index (κ1) is 15.4. The van der Waals surface area contributed by atoms with E-state index < -0.39 is 0 Å². The van der Waals surface area contributed by atoms with Crippen molar-refractivity contribution in [3.63, 3.8) is 0 Å². The van der Waals surface area contributed by atoms with Crippen molar-refractivity contribution in [2.24, 2.45) is 0 Å². The number of hydrogen-bond donors (Lipinski definition) is 0. The van der Waals surface area contributed by atoms with Crippen molar-refractivity contribution < 1.29 is 13.9 Å². The van der Waals surface area contributed by atoms with Crippen LogP contribution in [0.5, 0.6) is 5.88 Å². The third kappa shape index (κ3) is 3.83. The number of likely N-dealkylation sites (tertiary alicyclic amines) is 1. The van der Waals surface area contributed by atoms with E-state index in [1.807, 2.05) is 13.0 Å². The fourth-order valence-corrected chi connectivity index (χ4v) is 2.61. The number of halogens is 1. The number of ether oxygens (including phenoxy) is 1. The van der Waals surface area contributed by atoms with Gasteiger partial charge in [0.05, 0.1) is 12.2 Å². The Morgan fingerprint density at radius 2 is 2.00 bits per heavy atom. The quantitative estimate of drug-likeness (QED) is 0.873. The summed E-state index contributed by atoms with van der Waals surface area (Å²) in [6, 6.07) is 9.23. The van der Waals surface area contributed by atoms with Crippen molar-refractivity contribution >= 4 is 5.91 Å². The molecule has 5 nitrogen and oxygen atoms in total. The Morgan fingerprint density at radius 3 is 2.70 bits per heavy atom. The van der Waals surface area contributed by atoms with Gasteiger partial charge in [-0.2, -0.15) is 5.10 Å². The lowest BCUT2D eigenvalue weighted by Crippen LogP contribution is -2.44. The van der Waals surface area contributed by atoms with Crippen LogP contribution in [-0.4, -0.2) is 40.2 Å². The highest BCUT2D eigenvalue weighted by Crippen LogP contribution is 2.18. The second-order valence-corrected chi connectivity index (χ2v) is 5.65. The van der Waals surface area contributed by atoms with E-state index in [2.05, 4.69) is 10.2 Å². The van der Waals surface area contributed by atoms with Crippen LogP contribution in [0.2, 0.25) is 0 Å². The highest BCUT2D eigenvalue weighted by molar-refractivity contribution is 5.94. The molecular weight excluding hydrogens is 297 g/mol. The molecule has 1 unspecified atom stereocenters. The van der Waals surface area contributed by atoms with Gasteiger partial charge >= 0.3 is 0 Å². The highest BCUT2D eigenvalue weighted by Gasteiger charge is 2.26. The molecule has 1 amide bonds. The molecule has 0 bridgehead atoms. The Kier molecular flexibility index (Phi) is 4.50. The van der Waals surface area contributed by atoms with E-state index in [1.165, 1.54) is 24.3 Å². The minimum Gasteiger partial charge on any atom is -0.471 e. The summed E-state index contributed by atoms with van der Waals surface area (Å²) in [5, 5.41) is 7.96. The van der Waals surface area contributed by atoms with Gasteiger partial charge in [0.25, 0.3) is 5.91 Å². The molecule has 0 aliphatic carbocycles. The summed E-state index contributed by atoms with van der Waals surface area (Å²) >= 11 is 0. The molecule has 1 aliphatic heterocycles. The fraction of sp³-hybridized carbons (Fsp3) is 0.353. The van der Waals surface area contributed by atoms with E-state index in [9.17, 15) is 9.18 Å². The van der Waals surface area contributed by atoms with E-state index >= 15 is 0 Å². The van der Waals surface area contributed by atoms with Crippen LogP contribution in [0.15, 0.2) is 36.4 Å². The number of carbonyl (C=O) groups excluding carboxylic acids is 1. The molecule has 2 heterocycles. The molecule has 120 valence electrons. The fourth-order valence-electron chi connectivity index (χ4n) is 2.61. The van der Waals surface area contributed by atoms with Crippen molar-refractivity contribution in [1.29, 1.82) is 0 Å². The van der Waals surface area contributed by atoms with Crippen LogP contribution < -0.4 is 4.74 Å². The van der Waals surface area contributed by atoms with Gasteiger partial charge in [-0.1, -0.05) is 0 Å². The van der Waals surface area contributed by atoms with Gasteiger partial charge in [-0.05, 0) is 50.1 Å². The number of benzene rings is 1. The molecule has 23 heavy (non-hydrogen) atoms. The molecule has 0 spiro atoms. The maximum absolute atomic E-state index is 13.0. The SMILES string of the molecule is Cc1ccc(OC2CCCN(C(=O)c3ccc(F)cc3)C2)nn1. The van der Waals surface area contributed by atoms with Crippen molar-refractivity contribution in [1.82, 2.24) is 15.1 Å². The molecule has 1 saturated heterocycles. The zero-order valence-corrected chi connectivity index (χ0v) is 12.9. The van der Waals surface area contributed by atoms with Crippen LogP contribution in [0, 0.1) is 12.7 Å². The van der Waals surface area contributed by atoms with Gasteiger partial charge in [-0.15, -0.1) is 5.10 Å². The smallest absolute Gasteiger partial charge is 0.253 e. The largest absolute Gasteiger partial charge is 0.471 e.